The van der Waals surface area contributed by atoms with Gasteiger partial charge < -0.3 is 15.4 Å². The SMILES string of the molecule is Cc1nc(C)c(CNC(=O)NCC(C)N2CCOCC2C)s1. The average molecular weight is 326 g/mol. The van der Waals surface area contributed by atoms with Crippen molar-refractivity contribution in [3.05, 3.63) is 15.6 Å². The van der Waals surface area contributed by atoms with Crippen LogP contribution in [-0.2, 0) is 11.3 Å². The molecule has 124 valence electrons. The number of nitrogens with one attached hydrogen (secondary N) is 2. The lowest BCUT2D eigenvalue weighted by Gasteiger charge is -2.37. The van der Waals surface area contributed by atoms with E-state index in [2.05, 4.69) is 34.4 Å². The Morgan fingerprint density at radius 3 is 2.91 bits per heavy atom. The first kappa shape index (κ1) is 17.2. The van der Waals surface area contributed by atoms with Gasteiger partial charge in [0.15, 0.2) is 0 Å². The maximum absolute atomic E-state index is 11.9. The van der Waals surface area contributed by atoms with Crippen LogP contribution in [0.2, 0.25) is 0 Å². The van der Waals surface area contributed by atoms with Crippen LogP contribution in [-0.4, -0.2) is 54.3 Å². The number of urea groups is 1. The van der Waals surface area contributed by atoms with Crippen molar-refractivity contribution in [3.63, 3.8) is 0 Å². The van der Waals surface area contributed by atoms with E-state index in [0.717, 1.165) is 35.3 Å². The molecule has 2 heterocycles. The first-order chi connectivity index (χ1) is 10.5. The number of ether oxygens (including phenoxy) is 1. The second-order valence-corrected chi connectivity index (χ2v) is 7.10. The molecule has 2 N–H and O–H groups in total. The molecular weight excluding hydrogens is 300 g/mol. The first-order valence-electron chi connectivity index (χ1n) is 7.75. The number of carbonyl (C=O) groups is 1. The van der Waals surface area contributed by atoms with Crippen molar-refractivity contribution in [2.24, 2.45) is 0 Å². The molecule has 22 heavy (non-hydrogen) atoms. The van der Waals surface area contributed by atoms with Crippen molar-refractivity contribution in [1.82, 2.24) is 20.5 Å². The molecular formula is C15H26N4O2S. The highest BCUT2D eigenvalue weighted by molar-refractivity contribution is 7.11. The van der Waals surface area contributed by atoms with Crippen LogP contribution < -0.4 is 10.6 Å². The van der Waals surface area contributed by atoms with Gasteiger partial charge in [-0.15, -0.1) is 11.3 Å². The molecule has 2 amide bonds. The number of carbonyl (C=O) groups excluding carboxylic acids is 1. The first-order valence-corrected chi connectivity index (χ1v) is 8.57. The molecule has 0 spiro atoms. The monoisotopic (exact) mass is 326 g/mol. The van der Waals surface area contributed by atoms with Gasteiger partial charge in [0, 0.05) is 30.1 Å². The Kier molecular flexibility index (Phi) is 6.16. The van der Waals surface area contributed by atoms with Crippen LogP contribution in [0.5, 0.6) is 0 Å². The maximum Gasteiger partial charge on any atom is 0.315 e. The minimum absolute atomic E-state index is 0.127. The lowest BCUT2D eigenvalue weighted by Crippen LogP contribution is -2.52. The summed E-state index contributed by atoms with van der Waals surface area (Å²) in [6.45, 7) is 11.9. The fourth-order valence-electron chi connectivity index (χ4n) is 2.71. The van der Waals surface area contributed by atoms with Crippen molar-refractivity contribution in [2.75, 3.05) is 26.3 Å². The second kappa shape index (κ2) is 7.89. The van der Waals surface area contributed by atoms with E-state index in [1.54, 1.807) is 11.3 Å². The Morgan fingerprint density at radius 2 is 2.27 bits per heavy atom. The normalized spacial score (nSPS) is 20.6. The van der Waals surface area contributed by atoms with Gasteiger partial charge in [-0.05, 0) is 27.7 Å². The van der Waals surface area contributed by atoms with Gasteiger partial charge in [0.25, 0.3) is 0 Å². The van der Waals surface area contributed by atoms with Crippen LogP contribution >= 0.6 is 11.3 Å². The van der Waals surface area contributed by atoms with Crippen molar-refractivity contribution in [2.45, 2.75) is 46.3 Å². The highest BCUT2D eigenvalue weighted by Crippen LogP contribution is 2.16. The molecule has 1 aliphatic heterocycles. The Labute approximate surface area is 136 Å². The zero-order valence-electron chi connectivity index (χ0n) is 13.8. The number of thiazole rings is 1. The van der Waals surface area contributed by atoms with E-state index < -0.39 is 0 Å². The van der Waals surface area contributed by atoms with Crippen molar-refractivity contribution in [1.29, 1.82) is 0 Å². The van der Waals surface area contributed by atoms with Crippen molar-refractivity contribution in [3.8, 4) is 0 Å². The van der Waals surface area contributed by atoms with E-state index in [-0.39, 0.29) is 6.03 Å². The van der Waals surface area contributed by atoms with E-state index in [4.69, 9.17) is 4.74 Å². The zero-order chi connectivity index (χ0) is 16.1. The second-order valence-electron chi connectivity index (χ2n) is 5.82. The van der Waals surface area contributed by atoms with Crippen molar-refractivity contribution < 1.29 is 9.53 Å². The molecule has 6 nitrogen and oxygen atoms in total. The molecule has 2 atom stereocenters. The summed E-state index contributed by atoms with van der Waals surface area (Å²) in [4.78, 5) is 19.8. The molecule has 1 saturated heterocycles. The van der Waals surface area contributed by atoms with Gasteiger partial charge in [-0.3, -0.25) is 4.90 Å². The quantitative estimate of drug-likeness (QED) is 0.864. The molecule has 0 radical (unpaired) electrons. The van der Waals surface area contributed by atoms with E-state index >= 15 is 0 Å². The molecule has 1 aliphatic rings. The molecule has 1 aromatic heterocycles. The molecule has 0 saturated carbocycles. The standard InChI is InChI=1S/C15H26N4O2S/c1-10(19-5-6-21-9-11(19)2)7-16-15(20)17-8-14-12(3)18-13(4)22-14/h10-11H,5-9H2,1-4H3,(H2,16,17,20). The lowest BCUT2D eigenvalue weighted by atomic mass is 10.2. The third kappa shape index (κ3) is 4.66. The van der Waals surface area contributed by atoms with Gasteiger partial charge in [-0.25, -0.2) is 9.78 Å². The Balaban J connectivity index is 1.72. The number of aromatic nitrogens is 1. The highest BCUT2D eigenvalue weighted by atomic mass is 32.1. The topological polar surface area (TPSA) is 66.5 Å². The lowest BCUT2D eigenvalue weighted by molar-refractivity contribution is -0.0176. The highest BCUT2D eigenvalue weighted by Gasteiger charge is 2.23. The summed E-state index contributed by atoms with van der Waals surface area (Å²) < 4.78 is 5.44. The number of aryl methyl sites for hydroxylation is 2. The third-order valence-electron chi connectivity index (χ3n) is 3.95. The minimum atomic E-state index is -0.127. The molecule has 7 heteroatoms. The predicted molar refractivity (Wildman–Crippen MR) is 88.3 cm³/mol. The van der Waals surface area contributed by atoms with Crippen LogP contribution in [0.25, 0.3) is 0 Å². The van der Waals surface area contributed by atoms with E-state index in [1.165, 1.54) is 0 Å². The Morgan fingerprint density at radius 1 is 1.50 bits per heavy atom. The number of nitrogens with zero attached hydrogens (tertiary/aromatic N) is 2. The summed E-state index contributed by atoms with van der Waals surface area (Å²) in [5.41, 5.74) is 0.998. The van der Waals surface area contributed by atoms with Gasteiger partial charge >= 0.3 is 6.03 Å². The van der Waals surface area contributed by atoms with Crippen LogP contribution in [0.1, 0.15) is 29.4 Å². The maximum atomic E-state index is 11.9. The molecule has 2 rings (SSSR count). The minimum Gasteiger partial charge on any atom is -0.379 e. The summed E-state index contributed by atoms with van der Waals surface area (Å²) in [6.07, 6.45) is 0. The molecule has 0 aromatic carbocycles. The number of morpholine rings is 1. The zero-order valence-corrected chi connectivity index (χ0v) is 14.6. The van der Waals surface area contributed by atoms with E-state index in [9.17, 15) is 4.79 Å². The van der Waals surface area contributed by atoms with Gasteiger partial charge in [0.2, 0.25) is 0 Å². The molecule has 0 aliphatic carbocycles. The van der Waals surface area contributed by atoms with Crippen LogP contribution in [0.4, 0.5) is 4.79 Å². The number of hydrogen-bond donors (Lipinski definition) is 2. The Hall–Kier alpha value is -1.18. The van der Waals surface area contributed by atoms with Crippen LogP contribution in [0.15, 0.2) is 0 Å². The average Bonchev–Trinajstić information content (AvgIpc) is 2.81. The molecule has 2 unspecified atom stereocenters. The van der Waals surface area contributed by atoms with E-state index in [1.807, 2.05) is 13.8 Å². The summed E-state index contributed by atoms with van der Waals surface area (Å²) in [7, 11) is 0. The fraction of sp³-hybridized carbons (Fsp3) is 0.733. The predicted octanol–water partition coefficient (Wildman–Crippen LogP) is 1.67. The largest absolute Gasteiger partial charge is 0.379 e. The smallest absolute Gasteiger partial charge is 0.315 e. The van der Waals surface area contributed by atoms with Gasteiger partial charge in [-0.2, -0.15) is 0 Å². The summed E-state index contributed by atoms with van der Waals surface area (Å²) >= 11 is 1.63. The fourth-order valence-corrected chi connectivity index (χ4v) is 3.59. The van der Waals surface area contributed by atoms with Crippen LogP contribution in [0, 0.1) is 13.8 Å². The molecule has 1 fully saturated rings. The van der Waals surface area contributed by atoms with E-state index in [0.29, 0.717) is 25.2 Å². The van der Waals surface area contributed by atoms with Gasteiger partial charge in [0.05, 0.1) is 30.5 Å². The Bertz CT molecular complexity index is 506. The van der Waals surface area contributed by atoms with Gasteiger partial charge in [0.1, 0.15) is 0 Å². The number of hydrogen-bond acceptors (Lipinski definition) is 5. The van der Waals surface area contributed by atoms with Crippen molar-refractivity contribution >= 4 is 17.4 Å². The van der Waals surface area contributed by atoms with Gasteiger partial charge in [-0.1, -0.05) is 0 Å². The molecule has 1 aromatic rings. The summed E-state index contributed by atoms with van der Waals surface area (Å²) in [6, 6.07) is 0.576. The summed E-state index contributed by atoms with van der Waals surface area (Å²) in [5, 5.41) is 6.88. The molecule has 0 bridgehead atoms. The third-order valence-corrected chi connectivity index (χ3v) is 5.03. The summed E-state index contributed by atoms with van der Waals surface area (Å²) in [5.74, 6) is 0. The number of rotatable bonds is 5. The number of amides is 2. The van der Waals surface area contributed by atoms with Crippen LogP contribution in [0.3, 0.4) is 0 Å².